The molecule has 2 aromatic carbocycles. The molecule has 12 heteroatoms. The van der Waals surface area contributed by atoms with Crippen LogP contribution >= 0.6 is 0 Å². The van der Waals surface area contributed by atoms with Crippen LogP contribution in [0, 0.1) is 75.4 Å². The zero-order valence-corrected chi connectivity index (χ0v) is 48.5. The smallest absolute Gasteiger partial charge is 0.312 e. The molecule has 0 amide bonds. The number of aromatic hydroxyl groups is 1. The number of hydrogen-bond acceptors (Lipinski definition) is 12. The molecule has 0 radical (unpaired) electrons. The third-order valence-corrected chi connectivity index (χ3v) is 21.2. The summed E-state index contributed by atoms with van der Waals surface area (Å²) in [6.07, 6.45) is 16.5. The first kappa shape index (κ1) is 58.0. The van der Waals surface area contributed by atoms with E-state index in [9.17, 15) is 34.2 Å². The highest BCUT2D eigenvalue weighted by Gasteiger charge is 2.70. The summed E-state index contributed by atoms with van der Waals surface area (Å²) >= 11 is 0. The molecule has 2 aromatic rings. The zero-order chi connectivity index (χ0) is 55.5. The highest BCUT2D eigenvalue weighted by molar-refractivity contribution is 5.87. The SMILES string of the molecule is CCC(C)(C)C(=O)OC1(CC)C2CC3CC(C2)CC1C3.CCC(C)(C)C(=O)OC12CC3CC(CC(O)(C3)C1)C2.CCC(C)(C)C(=O)OC1C2CC3C1OC(=O)C3C2C(=O)OC.CCC(C)c1ccc2cc(O)ccc2c1. The fourth-order valence-electron chi connectivity index (χ4n) is 15.8. The molecule has 1 aliphatic heterocycles. The van der Waals surface area contributed by atoms with E-state index in [0.717, 1.165) is 68.6 Å². The normalized spacial score (nSPS) is 36.2. The minimum absolute atomic E-state index is 0.0364. The molecule has 1 heterocycles. The monoisotopic (exact) mass is 1050 g/mol. The number of hydrogen-bond donors (Lipinski definition) is 2. The Kier molecular flexibility index (Phi) is 16.6. The van der Waals surface area contributed by atoms with Crippen LogP contribution in [-0.2, 0) is 47.7 Å². The molecule has 76 heavy (non-hydrogen) atoms. The highest BCUT2D eigenvalue weighted by Crippen LogP contribution is 2.62. The molecule has 9 atom stereocenters. The maximum atomic E-state index is 12.6. The Bertz CT molecular complexity index is 2430. The average Bonchev–Trinajstić information content (AvgIpc) is 4.01. The van der Waals surface area contributed by atoms with Gasteiger partial charge >= 0.3 is 29.8 Å². The van der Waals surface area contributed by atoms with Crippen molar-refractivity contribution < 1.29 is 57.9 Å². The van der Waals surface area contributed by atoms with Crippen LogP contribution in [0.2, 0.25) is 0 Å². The lowest BCUT2D eigenvalue weighted by molar-refractivity contribution is -0.225. The van der Waals surface area contributed by atoms with Gasteiger partial charge in [-0.15, -0.1) is 0 Å². The average molecular weight is 1060 g/mol. The molecule has 10 aliphatic carbocycles. The van der Waals surface area contributed by atoms with Crippen LogP contribution in [-0.4, -0.2) is 76.2 Å². The standard InChI is InChI=1S/C18H30O2.C16H22O6.C16H26O3.C14H16O/c1-5-17(3,4)16(19)20-18(6-2)14-8-12-7-13(10-14)11-15(18)9-12;1-5-16(2,3)15(19)22-12-7-6-8-10(9(7)13(17)20-4)14(18)21-11(8)12;1-4-14(2,3)13(17)19-16-8-11-5-12(9-16)7-15(18,6-11)10-16;1-3-10(2)11-4-5-13-9-14(15)7-6-12(13)8-11/h12-15H,5-11H2,1-4H3;7-12H,5-6H2,1-4H3;11-12,18H,4-10H2,1-3H3;4-10,15H,3H2,1-2H3. The molecule has 12 nitrogen and oxygen atoms in total. The van der Waals surface area contributed by atoms with Crippen LogP contribution in [0.1, 0.15) is 204 Å². The van der Waals surface area contributed by atoms with Gasteiger partial charge in [0.05, 0.1) is 40.8 Å². The Hall–Kier alpha value is -4.19. The molecular formula is C64H94O12. The van der Waals surface area contributed by atoms with Gasteiger partial charge in [-0.2, -0.15) is 0 Å². The third kappa shape index (κ3) is 11.2. The number of rotatable bonds is 13. The molecule has 11 aliphatic rings. The predicted molar refractivity (Wildman–Crippen MR) is 292 cm³/mol. The van der Waals surface area contributed by atoms with Gasteiger partial charge in [-0.3, -0.25) is 24.0 Å². The first-order valence-corrected chi connectivity index (χ1v) is 29.6. The second-order valence-electron chi connectivity index (χ2n) is 27.5. The number of carbonyl (C=O) groups is 5. The van der Waals surface area contributed by atoms with Gasteiger partial charge in [-0.05, 0) is 214 Å². The molecule has 13 rings (SSSR count). The van der Waals surface area contributed by atoms with Crippen molar-refractivity contribution in [1.29, 1.82) is 0 Å². The maximum Gasteiger partial charge on any atom is 0.312 e. The number of methoxy groups -OCH3 is 1. The maximum absolute atomic E-state index is 12.6. The Morgan fingerprint density at radius 2 is 1.21 bits per heavy atom. The summed E-state index contributed by atoms with van der Waals surface area (Å²) in [6.45, 7) is 24.3. The third-order valence-electron chi connectivity index (χ3n) is 21.2. The minimum atomic E-state index is -0.593. The van der Waals surface area contributed by atoms with Crippen molar-refractivity contribution in [3.05, 3.63) is 42.0 Å². The number of benzene rings is 2. The molecule has 0 aromatic heterocycles. The lowest BCUT2D eigenvalue weighted by Crippen LogP contribution is -2.61. The molecule has 422 valence electrons. The second-order valence-corrected chi connectivity index (χ2v) is 27.5. The Morgan fingerprint density at radius 1 is 0.684 bits per heavy atom. The summed E-state index contributed by atoms with van der Waals surface area (Å²) in [6, 6.07) is 11.9. The van der Waals surface area contributed by atoms with Gasteiger partial charge in [0.1, 0.15) is 29.2 Å². The van der Waals surface area contributed by atoms with Crippen LogP contribution in [0.3, 0.4) is 0 Å². The quantitative estimate of drug-likeness (QED) is 0.144. The fourth-order valence-corrected chi connectivity index (χ4v) is 15.8. The molecule has 2 N–H and O–H groups in total. The van der Waals surface area contributed by atoms with E-state index in [4.69, 9.17) is 23.7 Å². The number of carbonyl (C=O) groups excluding carboxylic acids is 5. The van der Waals surface area contributed by atoms with E-state index in [2.05, 4.69) is 45.9 Å². The predicted octanol–water partition coefficient (Wildman–Crippen LogP) is 13.0. The van der Waals surface area contributed by atoms with Crippen molar-refractivity contribution in [1.82, 2.24) is 0 Å². The zero-order valence-electron chi connectivity index (χ0n) is 48.5. The van der Waals surface area contributed by atoms with E-state index in [-0.39, 0.29) is 52.3 Å². The first-order chi connectivity index (χ1) is 35.7. The van der Waals surface area contributed by atoms with E-state index in [1.165, 1.54) is 56.6 Å². The van der Waals surface area contributed by atoms with Crippen LogP contribution in [0.5, 0.6) is 5.75 Å². The second kappa shape index (κ2) is 21.8. The lowest BCUT2D eigenvalue weighted by atomic mass is 9.49. The number of fused-ring (bicyclic) bond motifs is 2. The summed E-state index contributed by atoms with van der Waals surface area (Å²) in [5, 5.41) is 22.3. The summed E-state index contributed by atoms with van der Waals surface area (Å²) < 4.78 is 28.2. The van der Waals surface area contributed by atoms with Crippen LogP contribution in [0.15, 0.2) is 36.4 Å². The van der Waals surface area contributed by atoms with Crippen LogP contribution in [0.25, 0.3) is 10.8 Å². The van der Waals surface area contributed by atoms with Crippen LogP contribution < -0.4 is 0 Å². The van der Waals surface area contributed by atoms with Gasteiger partial charge in [-0.25, -0.2) is 0 Å². The first-order valence-electron chi connectivity index (χ1n) is 29.6. The molecule has 10 saturated carbocycles. The Balaban J connectivity index is 0.000000135. The van der Waals surface area contributed by atoms with Gasteiger partial charge in [0.2, 0.25) is 0 Å². The van der Waals surface area contributed by atoms with Gasteiger partial charge in [0.15, 0.2) is 0 Å². The van der Waals surface area contributed by atoms with E-state index >= 15 is 0 Å². The number of esters is 5. The van der Waals surface area contributed by atoms with Crippen molar-refractivity contribution in [3.8, 4) is 5.75 Å². The van der Waals surface area contributed by atoms with Crippen molar-refractivity contribution >= 4 is 40.6 Å². The lowest BCUT2D eigenvalue weighted by Gasteiger charge is -2.60. The van der Waals surface area contributed by atoms with E-state index < -0.39 is 46.4 Å². The number of phenols is 1. The van der Waals surface area contributed by atoms with E-state index in [1.807, 2.05) is 61.5 Å². The Morgan fingerprint density at radius 3 is 1.74 bits per heavy atom. The molecule has 9 unspecified atom stereocenters. The minimum Gasteiger partial charge on any atom is -0.508 e. The summed E-state index contributed by atoms with van der Waals surface area (Å²) in [4.78, 5) is 61.5. The topological polar surface area (TPSA) is 172 Å². The van der Waals surface area contributed by atoms with Gasteiger partial charge in [0, 0.05) is 18.3 Å². The molecule has 1 saturated heterocycles. The fraction of sp³-hybridized carbons (Fsp3) is 0.766. The molecular weight excluding hydrogens is 961 g/mol. The van der Waals surface area contributed by atoms with Crippen molar-refractivity contribution in [2.75, 3.05) is 7.11 Å². The van der Waals surface area contributed by atoms with Crippen molar-refractivity contribution in [3.63, 3.8) is 0 Å². The molecule has 11 fully saturated rings. The largest absolute Gasteiger partial charge is 0.508 e. The van der Waals surface area contributed by atoms with Crippen molar-refractivity contribution in [2.24, 2.45) is 75.4 Å². The summed E-state index contributed by atoms with van der Waals surface area (Å²) in [5.41, 5.74) is -1.01. The number of ether oxygens (including phenoxy) is 5. The van der Waals surface area contributed by atoms with Gasteiger partial charge in [-0.1, -0.05) is 65.8 Å². The van der Waals surface area contributed by atoms with Crippen LogP contribution in [0.4, 0.5) is 0 Å². The van der Waals surface area contributed by atoms with E-state index in [1.54, 1.807) is 12.1 Å². The van der Waals surface area contributed by atoms with Crippen molar-refractivity contribution in [2.45, 2.75) is 227 Å². The summed E-state index contributed by atoms with van der Waals surface area (Å²) in [7, 11) is 1.31. The summed E-state index contributed by atoms with van der Waals surface area (Å²) in [5.74, 6) is 2.85. The highest BCUT2D eigenvalue weighted by atomic mass is 16.6. The molecule has 0 spiro atoms. The van der Waals surface area contributed by atoms with E-state index in [0.29, 0.717) is 54.6 Å². The van der Waals surface area contributed by atoms with Gasteiger partial charge < -0.3 is 33.9 Å². The van der Waals surface area contributed by atoms with Gasteiger partial charge in [0.25, 0.3) is 0 Å². The Labute approximate surface area is 454 Å². The number of phenolic OH excluding ortho intramolecular Hbond substituents is 1. The number of aliphatic hydroxyl groups is 1. The molecule has 10 bridgehead atoms.